The zero-order valence-electron chi connectivity index (χ0n) is 12.8. The molecule has 1 unspecified atom stereocenters. The molecule has 4 nitrogen and oxygen atoms in total. The first-order valence-electron chi connectivity index (χ1n) is 8.00. The Morgan fingerprint density at radius 2 is 1.76 bits per heavy atom. The monoisotopic (exact) mass is 287 g/mol. The lowest BCUT2D eigenvalue weighted by molar-refractivity contribution is 0.152. The molecule has 0 aromatic heterocycles. The van der Waals surface area contributed by atoms with Gasteiger partial charge in [0.15, 0.2) is 5.96 Å². The smallest absolute Gasteiger partial charge is 0.192 e. The minimum Gasteiger partial charge on any atom is -0.508 e. The maximum atomic E-state index is 9.52. The van der Waals surface area contributed by atoms with Gasteiger partial charge in [-0.1, -0.05) is 37.8 Å². The molecule has 1 aromatic rings. The van der Waals surface area contributed by atoms with Crippen LogP contribution in [0.2, 0.25) is 0 Å². The number of aliphatic imine (C=N–C) groups is 1. The molecule has 2 aliphatic rings. The molecule has 21 heavy (non-hydrogen) atoms. The van der Waals surface area contributed by atoms with Crippen LogP contribution in [0.15, 0.2) is 29.3 Å². The van der Waals surface area contributed by atoms with E-state index in [0.29, 0.717) is 24.3 Å². The summed E-state index contributed by atoms with van der Waals surface area (Å²) in [5.74, 6) is 0.979. The summed E-state index contributed by atoms with van der Waals surface area (Å²) in [5, 5.41) is 9.52. The molecule has 4 heteroatoms. The van der Waals surface area contributed by atoms with Gasteiger partial charge in [0.05, 0.1) is 12.1 Å². The third-order valence-electron chi connectivity index (χ3n) is 5.01. The lowest BCUT2D eigenvalue weighted by Gasteiger charge is -2.42. The van der Waals surface area contributed by atoms with E-state index in [9.17, 15) is 5.11 Å². The van der Waals surface area contributed by atoms with E-state index in [-0.39, 0.29) is 5.54 Å². The highest BCUT2D eigenvalue weighted by molar-refractivity contribution is 5.81. The lowest BCUT2D eigenvalue weighted by atomic mass is 9.88. The van der Waals surface area contributed by atoms with Gasteiger partial charge in [-0.05, 0) is 37.5 Å². The first kappa shape index (κ1) is 14.2. The van der Waals surface area contributed by atoms with E-state index in [1.54, 1.807) is 12.1 Å². The fraction of sp³-hybridized carbons (Fsp3) is 0.588. The second-order valence-electron chi connectivity index (χ2n) is 6.51. The first-order valence-corrected chi connectivity index (χ1v) is 8.00. The van der Waals surface area contributed by atoms with Gasteiger partial charge < -0.3 is 15.7 Å². The predicted octanol–water partition coefficient (Wildman–Crippen LogP) is 2.96. The van der Waals surface area contributed by atoms with Crippen LogP contribution in [0.1, 0.15) is 51.0 Å². The molecule has 0 radical (unpaired) electrons. The van der Waals surface area contributed by atoms with Gasteiger partial charge in [0.25, 0.3) is 0 Å². The molecular formula is C17H25N3O. The van der Waals surface area contributed by atoms with Gasteiger partial charge in [0.1, 0.15) is 5.75 Å². The number of nitrogens with two attached hydrogens (primary N) is 1. The number of phenolic OH excluding ortho intramolecular Hbond substituents is 1. The summed E-state index contributed by atoms with van der Waals surface area (Å²) in [6.07, 6.45) is 7.61. The number of guanidine groups is 1. The van der Waals surface area contributed by atoms with Gasteiger partial charge in [-0.2, -0.15) is 0 Å². The summed E-state index contributed by atoms with van der Waals surface area (Å²) in [7, 11) is 0. The SMILES string of the molecule is CC1(c2ccc(O)cc2)CN=C(N)N1C1CCCCCC1. The number of aromatic hydroxyl groups is 1. The Balaban J connectivity index is 1.91. The molecule has 0 amide bonds. The van der Waals surface area contributed by atoms with E-state index in [1.165, 1.54) is 44.1 Å². The predicted molar refractivity (Wildman–Crippen MR) is 85.3 cm³/mol. The molecule has 0 saturated heterocycles. The molecule has 1 heterocycles. The average Bonchev–Trinajstić information content (AvgIpc) is 2.68. The lowest BCUT2D eigenvalue weighted by Crippen LogP contribution is -2.52. The summed E-state index contributed by atoms with van der Waals surface area (Å²) in [5.41, 5.74) is 7.22. The fourth-order valence-corrected chi connectivity index (χ4v) is 3.80. The molecule has 114 valence electrons. The maximum Gasteiger partial charge on any atom is 0.192 e. The van der Waals surface area contributed by atoms with Crippen LogP contribution in [-0.2, 0) is 5.54 Å². The summed E-state index contributed by atoms with van der Waals surface area (Å²) in [6, 6.07) is 7.97. The highest BCUT2D eigenvalue weighted by Gasteiger charge is 2.43. The second-order valence-corrected chi connectivity index (χ2v) is 6.51. The van der Waals surface area contributed by atoms with Crippen molar-refractivity contribution >= 4 is 5.96 Å². The van der Waals surface area contributed by atoms with Gasteiger partial charge in [-0.3, -0.25) is 4.99 Å². The van der Waals surface area contributed by atoms with Crippen molar-refractivity contribution < 1.29 is 5.11 Å². The molecule has 1 aliphatic heterocycles. The molecule has 1 saturated carbocycles. The highest BCUT2D eigenvalue weighted by Crippen LogP contribution is 2.38. The fourth-order valence-electron chi connectivity index (χ4n) is 3.80. The topological polar surface area (TPSA) is 61.9 Å². The Hall–Kier alpha value is -1.71. The molecule has 0 bridgehead atoms. The van der Waals surface area contributed by atoms with Crippen molar-refractivity contribution in [3.8, 4) is 5.75 Å². The zero-order valence-corrected chi connectivity index (χ0v) is 12.8. The minimum absolute atomic E-state index is 0.188. The maximum absolute atomic E-state index is 9.52. The van der Waals surface area contributed by atoms with Crippen molar-refractivity contribution in [3.63, 3.8) is 0 Å². The van der Waals surface area contributed by atoms with Crippen LogP contribution in [0.25, 0.3) is 0 Å². The Labute approximate surface area is 126 Å². The van der Waals surface area contributed by atoms with Crippen LogP contribution in [0.5, 0.6) is 5.75 Å². The molecule has 3 rings (SSSR count). The number of hydrogen-bond donors (Lipinski definition) is 2. The molecule has 1 aromatic carbocycles. The second kappa shape index (κ2) is 5.58. The number of phenols is 1. The number of nitrogens with zero attached hydrogens (tertiary/aromatic N) is 2. The van der Waals surface area contributed by atoms with Gasteiger partial charge in [0.2, 0.25) is 0 Å². The largest absolute Gasteiger partial charge is 0.508 e. The van der Waals surface area contributed by atoms with E-state index in [1.807, 2.05) is 12.1 Å². The van der Waals surface area contributed by atoms with Crippen molar-refractivity contribution in [1.82, 2.24) is 4.90 Å². The van der Waals surface area contributed by atoms with E-state index in [2.05, 4.69) is 16.8 Å². The van der Waals surface area contributed by atoms with E-state index >= 15 is 0 Å². The number of hydrogen-bond acceptors (Lipinski definition) is 4. The van der Waals surface area contributed by atoms with Gasteiger partial charge >= 0.3 is 0 Å². The molecule has 3 N–H and O–H groups in total. The Kier molecular flexibility index (Phi) is 3.79. The van der Waals surface area contributed by atoms with Crippen molar-refractivity contribution in [2.45, 2.75) is 57.0 Å². The Bertz CT molecular complexity index is 517. The third-order valence-corrected chi connectivity index (χ3v) is 5.01. The van der Waals surface area contributed by atoms with Crippen molar-refractivity contribution in [1.29, 1.82) is 0 Å². The Morgan fingerprint density at radius 1 is 1.14 bits per heavy atom. The van der Waals surface area contributed by atoms with Crippen LogP contribution in [-0.4, -0.2) is 28.6 Å². The normalized spacial score (nSPS) is 27.5. The van der Waals surface area contributed by atoms with Crippen molar-refractivity contribution in [2.75, 3.05) is 6.54 Å². The summed E-state index contributed by atoms with van der Waals surface area (Å²) in [4.78, 5) is 6.87. The van der Waals surface area contributed by atoms with E-state index in [0.717, 1.165) is 0 Å². The Morgan fingerprint density at radius 3 is 2.38 bits per heavy atom. The number of rotatable bonds is 2. The highest BCUT2D eigenvalue weighted by atomic mass is 16.3. The average molecular weight is 287 g/mol. The molecule has 1 aliphatic carbocycles. The molecule has 1 atom stereocenters. The summed E-state index contributed by atoms with van der Waals surface area (Å²) < 4.78 is 0. The van der Waals surface area contributed by atoms with Gasteiger partial charge in [-0.25, -0.2) is 0 Å². The van der Waals surface area contributed by atoms with Crippen LogP contribution in [0, 0.1) is 0 Å². The van der Waals surface area contributed by atoms with Crippen LogP contribution in [0.3, 0.4) is 0 Å². The van der Waals surface area contributed by atoms with E-state index in [4.69, 9.17) is 5.73 Å². The quantitative estimate of drug-likeness (QED) is 0.822. The zero-order chi connectivity index (χ0) is 14.9. The van der Waals surface area contributed by atoms with Gasteiger partial charge in [0, 0.05) is 6.04 Å². The standard InChI is InChI=1S/C17H25N3O/c1-17(13-8-10-15(21)11-9-13)12-19-16(18)20(17)14-6-4-2-3-5-7-14/h8-11,14,21H,2-7,12H2,1H3,(H2,18,19). The van der Waals surface area contributed by atoms with Gasteiger partial charge in [-0.15, -0.1) is 0 Å². The minimum atomic E-state index is -0.188. The summed E-state index contributed by atoms with van der Waals surface area (Å²) in [6.45, 7) is 2.91. The van der Waals surface area contributed by atoms with E-state index < -0.39 is 0 Å². The first-order chi connectivity index (χ1) is 10.1. The summed E-state index contributed by atoms with van der Waals surface area (Å²) >= 11 is 0. The van der Waals surface area contributed by atoms with Crippen molar-refractivity contribution in [3.05, 3.63) is 29.8 Å². The molecular weight excluding hydrogens is 262 g/mol. The molecule has 1 fully saturated rings. The number of benzene rings is 1. The third kappa shape index (κ3) is 2.59. The molecule has 0 spiro atoms. The van der Waals surface area contributed by atoms with Crippen LogP contribution < -0.4 is 5.73 Å². The van der Waals surface area contributed by atoms with Crippen LogP contribution in [0.4, 0.5) is 0 Å². The van der Waals surface area contributed by atoms with Crippen LogP contribution >= 0.6 is 0 Å². The van der Waals surface area contributed by atoms with Crippen molar-refractivity contribution in [2.24, 2.45) is 10.7 Å².